The van der Waals surface area contributed by atoms with Crippen molar-refractivity contribution < 1.29 is 14.3 Å². The number of carboxylic acid groups (broad SMARTS) is 1. The van der Waals surface area contributed by atoms with Crippen molar-refractivity contribution in [1.29, 1.82) is 5.41 Å². The summed E-state index contributed by atoms with van der Waals surface area (Å²) in [6.45, 7) is 1.19. The van der Waals surface area contributed by atoms with Crippen LogP contribution in [-0.4, -0.2) is 16.8 Å². The van der Waals surface area contributed by atoms with Gasteiger partial charge in [-0.25, -0.2) is 9.18 Å². The van der Waals surface area contributed by atoms with E-state index in [4.69, 9.17) is 16.2 Å². The van der Waals surface area contributed by atoms with Crippen LogP contribution in [0.25, 0.3) is 0 Å². The van der Waals surface area contributed by atoms with Gasteiger partial charge in [0.1, 0.15) is 0 Å². The average Bonchev–Trinajstić information content (AvgIpc) is 1.84. The summed E-state index contributed by atoms with van der Waals surface area (Å²) < 4.78 is 12.3. The third-order valence-electron chi connectivity index (χ3n) is 0.780. The third-order valence-corrected chi connectivity index (χ3v) is 0.780. The predicted octanol–water partition coefficient (Wildman–Crippen LogP) is 0.250. The molecular weight excluding hydrogens is 139 g/mol. The van der Waals surface area contributed by atoms with E-state index in [0.29, 0.717) is 0 Å². The van der Waals surface area contributed by atoms with E-state index in [1.54, 1.807) is 0 Å². The van der Waals surface area contributed by atoms with E-state index in [2.05, 4.69) is 0 Å². The molecule has 0 aliphatic carbocycles. The van der Waals surface area contributed by atoms with E-state index in [1.165, 1.54) is 6.92 Å². The second-order valence-corrected chi connectivity index (χ2v) is 1.68. The molecule has 0 rings (SSSR count). The van der Waals surface area contributed by atoms with Crippen LogP contribution in [0, 0.1) is 5.41 Å². The van der Waals surface area contributed by atoms with E-state index in [9.17, 15) is 9.18 Å². The zero-order chi connectivity index (χ0) is 8.31. The maximum absolute atomic E-state index is 12.3. The van der Waals surface area contributed by atoms with Crippen LogP contribution in [0.3, 0.4) is 0 Å². The van der Waals surface area contributed by atoms with E-state index in [0.717, 1.165) is 0 Å². The fourth-order valence-electron chi connectivity index (χ4n) is 0.291. The summed E-state index contributed by atoms with van der Waals surface area (Å²) in [6, 6.07) is 0. The lowest BCUT2D eigenvalue weighted by molar-refractivity contribution is -0.129. The third kappa shape index (κ3) is 1.85. The molecule has 0 unspecified atom stereocenters. The smallest absolute Gasteiger partial charge is 0.356 e. The molecule has 10 heavy (non-hydrogen) atoms. The van der Waals surface area contributed by atoms with Crippen LogP contribution in [-0.2, 0) is 4.79 Å². The Morgan fingerprint density at radius 3 is 2.20 bits per heavy atom. The normalized spacial score (nSPS) is 12.2. The maximum atomic E-state index is 12.3. The molecular formula is C5H7FN2O2. The maximum Gasteiger partial charge on any atom is 0.356 e. The molecule has 0 aromatic rings. The van der Waals surface area contributed by atoms with Crippen LogP contribution in [0.15, 0.2) is 11.5 Å². The van der Waals surface area contributed by atoms with Gasteiger partial charge in [-0.05, 0) is 6.92 Å². The molecule has 0 saturated carbocycles. The number of carbonyl (C=O) groups is 1. The molecule has 0 aliphatic heterocycles. The molecule has 4 nitrogen and oxygen atoms in total. The molecule has 0 radical (unpaired) electrons. The SMILES string of the molecule is CC(N)=C(F)C(=N)C(=O)O. The molecule has 0 atom stereocenters. The molecule has 0 bridgehead atoms. The first kappa shape index (κ1) is 8.61. The zero-order valence-electron chi connectivity index (χ0n) is 5.31. The van der Waals surface area contributed by atoms with Crippen molar-refractivity contribution in [3.8, 4) is 0 Å². The van der Waals surface area contributed by atoms with E-state index in [1.807, 2.05) is 0 Å². The number of allylic oxidation sites excluding steroid dienone is 1. The van der Waals surface area contributed by atoms with Crippen molar-refractivity contribution in [2.24, 2.45) is 5.73 Å². The van der Waals surface area contributed by atoms with E-state index >= 15 is 0 Å². The zero-order valence-corrected chi connectivity index (χ0v) is 5.31. The Morgan fingerprint density at radius 2 is 2.10 bits per heavy atom. The summed E-state index contributed by atoms with van der Waals surface area (Å²) in [5.74, 6) is -2.81. The fourth-order valence-corrected chi connectivity index (χ4v) is 0.291. The average molecular weight is 146 g/mol. The molecule has 56 valence electrons. The number of nitrogens with one attached hydrogen (secondary N) is 1. The lowest BCUT2D eigenvalue weighted by Gasteiger charge is -1.94. The van der Waals surface area contributed by atoms with Gasteiger partial charge in [-0.15, -0.1) is 0 Å². The first-order valence-corrected chi connectivity index (χ1v) is 2.41. The lowest BCUT2D eigenvalue weighted by atomic mass is 10.3. The van der Waals surface area contributed by atoms with Gasteiger partial charge in [-0.3, -0.25) is 5.41 Å². The number of rotatable bonds is 2. The molecule has 0 spiro atoms. The minimum atomic E-state index is -1.62. The van der Waals surface area contributed by atoms with Gasteiger partial charge in [0.05, 0.1) is 0 Å². The highest BCUT2D eigenvalue weighted by Gasteiger charge is 2.13. The lowest BCUT2D eigenvalue weighted by Crippen LogP contribution is -2.14. The largest absolute Gasteiger partial charge is 0.476 e. The highest BCUT2D eigenvalue weighted by atomic mass is 19.1. The second kappa shape index (κ2) is 2.95. The van der Waals surface area contributed by atoms with Crippen molar-refractivity contribution in [3.05, 3.63) is 11.5 Å². The summed E-state index contributed by atoms with van der Waals surface area (Å²) in [7, 11) is 0. The van der Waals surface area contributed by atoms with Gasteiger partial charge in [0.25, 0.3) is 0 Å². The number of hydrogen-bond acceptors (Lipinski definition) is 3. The summed E-state index contributed by atoms with van der Waals surface area (Å²) in [4.78, 5) is 9.89. The molecule has 0 aromatic heterocycles. The first-order chi connectivity index (χ1) is 4.46. The van der Waals surface area contributed by atoms with Crippen LogP contribution in [0.2, 0.25) is 0 Å². The van der Waals surface area contributed by atoms with Gasteiger partial charge in [0.15, 0.2) is 11.5 Å². The van der Waals surface area contributed by atoms with Gasteiger partial charge in [0.2, 0.25) is 0 Å². The Kier molecular flexibility index (Phi) is 2.54. The van der Waals surface area contributed by atoms with Gasteiger partial charge < -0.3 is 10.8 Å². The minimum Gasteiger partial charge on any atom is -0.476 e. The number of halogens is 1. The summed E-state index contributed by atoms with van der Waals surface area (Å²) >= 11 is 0. The number of carboxylic acids is 1. The fraction of sp³-hybridized carbons (Fsp3) is 0.200. The van der Waals surface area contributed by atoms with Crippen molar-refractivity contribution in [3.63, 3.8) is 0 Å². The predicted molar refractivity (Wildman–Crippen MR) is 33.4 cm³/mol. The van der Waals surface area contributed by atoms with Crippen LogP contribution < -0.4 is 5.73 Å². The molecule has 0 aromatic carbocycles. The summed E-state index contributed by atoms with van der Waals surface area (Å²) in [5, 5.41) is 14.6. The molecule has 0 saturated heterocycles. The second-order valence-electron chi connectivity index (χ2n) is 1.68. The van der Waals surface area contributed by atoms with Gasteiger partial charge in [-0.2, -0.15) is 0 Å². The van der Waals surface area contributed by atoms with Crippen molar-refractivity contribution in [2.75, 3.05) is 0 Å². The van der Waals surface area contributed by atoms with Crippen LogP contribution in [0.1, 0.15) is 6.92 Å². The van der Waals surface area contributed by atoms with E-state index < -0.39 is 17.5 Å². The van der Waals surface area contributed by atoms with Gasteiger partial charge in [-0.1, -0.05) is 0 Å². The van der Waals surface area contributed by atoms with Crippen molar-refractivity contribution in [1.82, 2.24) is 0 Å². The molecule has 0 fully saturated rings. The standard InChI is InChI=1S/C5H7FN2O2/c1-2(7)3(6)4(8)5(9)10/h8H,7H2,1H3,(H,9,10). The van der Waals surface area contributed by atoms with Crippen molar-refractivity contribution >= 4 is 11.7 Å². The molecule has 5 heteroatoms. The number of aliphatic carboxylic acids is 1. The molecule has 0 amide bonds. The monoisotopic (exact) mass is 146 g/mol. The van der Waals surface area contributed by atoms with Crippen LogP contribution in [0.5, 0.6) is 0 Å². The number of nitrogens with two attached hydrogens (primary N) is 1. The van der Waals surface area contributed by atoms with Gasteiger partial charge >= 0.3 is 5.97 Å². The summed E-state index contributed by atoms with van der Waals surface area (Å²) in [5.41, 5.74) is 3.47. The van der Waals surface area contributed by atoms with E-state index in [-0.39, 0.29) is 5.70 Å². The molecule has 0 aliphatic rings. The van der Waals surface area contributed by atoms with Crippen LogP contribution >= 0.6 is 0 Å². The highest BCUT2D eigenvalue weighted by molar-refractivity contribution is 6.40. The topological polar surface area (TPSA) is 87.2 Å². The highest BCUT2D eigenvalue weighted by Crippen LogP contribution is 2.01. The Hall–Kier alpha value is -1.39. The minimum absolute atomic E-state index is 0.299. The van der Waals surface area contributed by atoms with Crippen molar-refractivity contribution in [2.45, 2.75) is 6.92 Å². The Morgan fingerprint density at radius 1 is 1.70 bits per heavy atom. The Balaban J connectivity index is 4.54. The first-order valence-electron chi connectivity index (χ1n) is 2.41. The van der Waals surface area contributed by atoms with Crippen LogP contribution in [0.4, 0.5) is 4.39 Å². The van der Waals surface area contributed by atoms with Gasteiger partial charge in [0, 0.05) is 5.70 Å². The molecule has 4 N–H and O–H groups in total. The summed E-state index contributed by atoms with van der Waals surface area (Å²) in [6.07, 6.45) is 0. The quantitative estimate of drug-likeness (QED) is 0.488. The number of hydrogen-bond donors (Lipinski definition) is 3. The Bertz CT molecular complexity index is 206. The Labute approximate surface area is 56.7 Å². The molecule has 0 heterocycles.